The first-order valence-electron chi connectivity index (χ1n) is 4.57. The Labute approximate surface area is 83.2 Å². The SMILES string of the molecule is COCCCNC(=O)c1ccc(C)o1. The Morgan fingerprint density at radius 2 is 2.36 bits per heavy atom. The lowest BCUT2D eigenvalue weighted by atomic mass is 10.4. The molecule has 1 heterocycles. The molecule has 78 valence electrons. The molecule has 4 nitrogen and oxygen atoms in total. The minimum absolute atomic E-state index is 0.172. The van der Waals surface area contributed by atoms with Crippen molar-refractivity contribution in [3.05, 3.63) is 23.7 Å². The third-order valence-electron chi connectivity index (χ3n) is 1.77. The fraction of sp³-hybridized carbons (Fsp3) is 0.500. The first-order chi connectivity index (χ1) is 6.74. The third kappa shape index (κ3) is 3.22. The van der Waals surface area contributed by atoms with Crippen molar-refractivity contribution in [2.24, 2.45) is 0 Å². The van der Waals surface area contributed by atoms with Crippen LogP contribution in [0.15, 0.2) is 16.5 Å². The zero-order valence-electron chi connectivity index (χ0n) is 8.50. The lowest BCUT2D eigenvalue weighted by Gasteiger charge is -2.01. The van der Waals surface area contributed by atoms with E-state index in [9.17, 15) is 4.79 Å². The van der Waals surface area contributed by atoms with E-state index in [0.29, 0.717) is 18.9 Å². The van der Waals surface area contributed by atoms with Gasteiger partial charge in [-0.1, -0.05) is 0 Å². The van der Waals surface area contributed by atoms with Crippen LogP contribution in [-0.2, 0) is 4.74 Å². The van der Waals surface area contributed by atoms with Crippen molar-refractivity contribution in [2.45, 2.75) is 13.3 Å². The summed E-state index contributed by atoms with van der Waals surface area (Å²) in [5, 5.41) is 2.73. The predicted octanol–water partition coefficient (Wildman–Crippen LogP) is 1.35. The Morgan fingerprint density at radius 3 is 2.93 bits per heavy atom. The van der Waals surface area contributed by atoms with Crippen molar-refractivity contribution in [2.75, 3.05) is 20.3 Å². The number of carbonyl (C=O) groups is 1. The molecular formula is C10H15NO3. The number of ether oxygens (including phenoxy) is 1. The number of rotatable bonds is 5. The number of nitrogens with one attached hydrogen (secondary N) is 1. The zero-order chi connectivity index (χ0) is 10.4. The average Bonchev–Trinajstić information content (AvgIpc) is 2.59. The van der Waals surface area contributed by atoms with Gasteiger partial charge in [-0.05, 0) is 25.5 Å². The van der Waals surface area contributed by atoms with Crippen LogP contribution in [0.2, 0.25) is 0 Å². The number of aryl methyl sites for hydroxylation is 1. The van der Waals surface area contributed by atoms with E-state index in [1.54, 1.807) is 19.2 Å². The van der Waals surface area contributed by atoms with Crippen LogP contribution < -0.4 is 5.32 Å². The van der Waals surface area contributed by atoms with Crippen LogP contribution in [-0.4, -0.2) is 26.2 Å². The topological polar surface area (TPSA) is 51.5 Å². The van der Waals surface area contributed by atoms with Crippen molar-refractivity contribution in [1.82, 2.24) is 5.32 Å². The summed E-state index contributed by atoms with van der Waals surface area (Å²) in [6, 6.07) is 3.44. The van der Waals surface area contributed by atoms with E-state index in [-0.39, 0.29) is 5.91 Å². The van der Waals surface area contributed by atoms with Gasteiger partial charge in [0, 0.05) is 20.3 Å². The van der Waals surface area contributed by atoms with E-state index >= 15 is 0 Å². The number of hydrogen-bond acceptors (Lipinski definition) is 3. The van der Waals surface area contributed by atoms with Gasteiger partial charge in [-0.2, -0.15) is 0 Å². The summed E-state index contributed by atoms with van der Waals surface area (Å²) in [6.07, 6.45) is 0.807. The summed E-state index contributed by atoms with van der Waals surface area (Å²) in [5.41, 5.74) is 0. The van der Waals surface area contributed by atoms with Crippen molar-refractivity contribution < 1.29 is 13.9 Å². The van der Waals surface area contributed by atoms with Gasteiger partial charge in [0.2, 0.25) is 0 Å². The minimum atomic E-state index is -0.172. The lowest BCUT2D eigenvalue weighted by Crippen LogP contribution is -2.24. The molecule has 0 spiro atoms. The van der Waals surface area contributed by atoms with Crippen molar-refractivity contribution >= 4 is 5.91 Å². The summed E-state index contributed by atoms with van der Waals surface area (Å²) in [5.74, 6) is 0.932. The van der Waals surface area contributed by atoms with Gasteiger partial charge in [0.05, 0.1) is 0 Å². The summed E-state index contributed by atoms with van der Waals surface area (Å²) < 4.78 is 10.0. The van der Waals surface area contributed by atoms with Gasteiger partial charge in [0.15, 0.2) is 5.76 Å². The maximum Gasteiger partial charge on any atom is 0.286 e. The van der Waals surface area contributed by atoms with Gasteiger partial charge in [-0.25, -0.2) is 0 Å². The molecular weight excluding hydrogens is 182 g/mol. The highest BCUT2D eigenvalue weighted by molar-refractivity contribution is 5.91. The Bertz CT molecular complexity index is 293. The van der Waals surface area contributed by atoms with Gasteiger partial charge in [0.25, 0.3) is 5.91 Å². The molecule has 0 saturated heterocycles. The fourth-order valence-corrected chi connectivity index (χ4v) is 1.06. The second-order valence-electron chi connectivity index (χ2n) is 3.01. The maximum atomic E-state index is 11.4. The second kappa shape index (κ2) is 5.44. The number of hydrogen-bond donors (Lipinski definition) is 1. The number of amides is 1. The highest BCUT2D eigenvalue weighted by atomic mass is 16.5. The molecule has 0 aromatic carbocycles. The minimum Gasteiger partial charge on any atom is -0.456 e. The monoisotopic (exact) mass is 197 g/mol. The third-order valence-corrected chi connectivity index (χ3v) is 1.77. The standard InChI is InChI=1S/C10H15NO3/c1-8-4-5-9(14-8)10(12)11-6-3-7-13-2/h4-5H,3,6-7H2,1-2H3,(H,11,12). The van der Waals surface area contributed by atoms with Crippen LogP contribution in [0, 0.1) is 6.92 Å². The van der Waals surface area contributed by atoms with Crippen molar-refractivity contribution in [1.29, 1.82) is 0 Å². The van der Waals surface area contributed by atoms with Crippen LogP contribution in [0.4, 0.5) is 0 Å². The highest BCUT2D eigenvalue weighted by Crippen LogP contribution is 2.05. The average molecular weight is 197 g/mol. The molecule has 14 heavy (non-hydrogen) atoms. The van der Waals surface area contributed by atoms with Gasteiger partial charge in [-0.15, -0.1) is 0 Å². The molecule has 1 N–H and O–H groups in total. The number of carbonyl (C=O) groups excluding carboxylic acids is 1. The first-order valence-corrected chi connectivity index (χ1v) is 4.57. The Balaban J connectivity index is 2.29. The van der Waals surface area contributed by atoms with Crippen LogP contribution in [0.25, 0.3) is 0 Å². The molecule has 1 amide bonds. The first kappa shape index (κ1) is 10.8. The molecule has 1 aromatic rings. The molecule has 4 heteroatoms. The van der Waals surface area contributed by atoms with E-state index in [0.717, 1.165) is 12.2 Å². The summed E-state index contributed by atoms with van der Waals surface area (Å²) in [6.45, 7) is 3.06. The Morgan fingerprint density at radius 1 is 1.57 bits per heavy atom. The molecule has 0 unspecified atom stereocenters. The maximum absolute atomic E-state index is 11.4. The van der Waals surface area contributed by atoms with E-state index in [4.69, 9.17) is 9.15 Å². The summed E-state index contributed by atoms with van der Waals surface area (Å²) >= 11 is 0. The summed E-state index contributed by atoms with van der Waals surface area (Å²) in [7, 11) is 1.64. The van der Waals surface area contributed by atoms with Gasteiger partial charge >= 0.3 is 0 Å². The van der Waals surface area contributed by atoms with Crippen LogP contribution in [0.3, 0.4) is 0 Å². The molecule has 0 fully saturated rings. The van der Waals surface area contributed by atoms with E-state index in [1.165, 1.54) is 0 Å². The highest BCUT2D eigenvalue weighted by Gasteiger charge is 2.07. The predicted molar refractivity (Wildman–Crippen MR) is 52.3 cm³/mol. The Kier molecular flexibility index (Phi) is 4.19. The molecule has 0 aliphatic rings. The van der Waals surface area contributed by atoms with E-state index in [1.807, 2.05) is 6.92 Å². The largest absolute Gasteiger partial charge is 0.456 e. The molecule has 0 radical (unpaired) electrons. The van der Waals surface area contributed by atoms with E-state index < -0.39 is 0 Å². The van der Waals surface area contributed by atoms with Gasteiger partial charge < -0.3 is 14.5 Å². The molecule has 1 rings (SSSR count). The quantitative estimate of drug-likeness (QED) is 0.725. The van der Waals surface area contributed by atoms with Crippen LogP contribution >= 0.6 is 0 Å². The van der Waals surface area contributed by atoms with Crippen LogP contribution in [0.5, 0.6) is 0 Å². The zero-order valence-corrected chi connectivity index (χ0v) is 8.50. The molecule has 0 bridgehead atoms. The molecule has 0 saturated carbocycles. The molecule has 1 aromatic heterocycles. The molecule has 0 atom stereocenters. The van der Waals surface area contributed by atoms with Gasteiger partial charge in [0.1, 0.15) is 5.76 Å². The number of methoxy groups -OCH3 is 1. The normalized spacial score (nSPS) is 10.1. The van der Waals surface area contributed by atoms with Crippen molar-refractivity contribution in [3.8, 4) is 0 Å². The molecule has 0 aliphatic carbocycles. The van der Waals surface area contributed by atoms with Crippen LogP contribution in [0.1, 0.15) is 22.7 Å². The summed E-state index contributed by atoms with van der Waals surface area (Å²) in [4.78, 5) is 11.4. The second-order valence-corrected chi connectivity index (χ2v) is 3.01. The van der Waals surface area contributed by atoms with Gasteiger partial charge in [-0.3, -0.25) is 4.79 Å². The smallest absolute Gasteiger partial charge is 0.286 e. The Hall–Kier alpha value is -1.29. The van der Waals surface area contributed by atoms with Crippen molar-refractivity contribution in [3.63, 3.8) is 0 Å². The number of furan rings is 1. The molecule has 0 aliphatic heterocycles. The fourth-order valence-electron chi connectivity index (χ4n) is 1.06. The van der Waals surface area contributed by atoms with E-state index in [2.05, 4.69) is 5.32 Å². The lowest BCUT2D eigenvalue weighted by molar-refractivity contribution is 0.0919.